The zero-order valence-corrected chi connectivity index (χ0v) is 17.5. The van der Waals surface area contributed by atoms with Gasteiger partial charge in [-0.3, -0.25) is 14.5 Å². The second-order valence-electron chi connectivity index (χ2n) is 7.40. The molecule has 1 fully saturated rings. The molecule has 4 amide bonds. The molecule has 0 aliphatic carbocycles. The van der Waals surface area contributed by atoms with Gasteiger partial charge in [0.1, 0.15) is 17.8 Å². The van der Waals surface area contributed by atoms with Gasteiger partial charge in [0.2, 0.25) is 5.91 Å². The first-order valence-corrected chi connectivity index (χ1v) is 10.1. The molecular formula is C23H27N3O4. The summed E-state index contributed by atoms with van der Waals surface area (Å²) in [5.74, 6) is -0.201. The highest BCUT2D eigenvalue weighted by molar-refractivity contribution is 6.10. The lowest BCUT2D eigenvalue weighted by atomic mass is 9.91. The number of ether oxygens (including phenoxy) is 1. The van der Waals surface area contributed by atoms with Gasteiger partial charge in [0.25, 0.3) is 5.91 Å². The molecule has 1 aliphatic rings. The molecule has 0 bridgehead atoms. The van der Waals surface area contributed by atoms with E-state index in [2.05, 4.69) is 17.6 Å². The summed E-state index contributed by atoms with van der Waals surface area (Å²) in [5, 5.41) is 5.43. The van der Waals surface area contributed by atoms with Crippen molar-refractivity contribution in [2.24, 2.45) is 0 Å². The first kappa shape index (κ1) is 21.4. The van der Waals surface area contributed by atoms with Crippen molar-refractivity contribution < 1.29 is 19.1 Å². The highest BCUT2D eigenvalue weighted by atomic mass is 16.5. The highest BCUT2D eigenvalue weighted by Gasteiger charge is 2.49. The number of anilines is 1. The topological polar surface area (TPSA) is 87.7 Å². The molecular weight excluding hydrogens is 382 g/mol. The third-order valence-corrected chi connectivity index (χ3v) is 5.10. The van der Waals surface area contributed by atoms with E-state index < -0.39 is 23.4 Å². The number of urea groups is 1. The summed E-state index contributed by atoms with van der Waals surface area (Å²) >= 11 is 0. The van der Waals surface area contributed by atoms with Crippen LogP contribution in [0.2, 0.25) is 0 Å². The number of carbonyl (C=O) groups excluding carboxylic acids is 3. The minimum absolute atomic E-state index is 0.360. The molecule has 30 heavy (non-hydrogen) atoms. The Balaban J connectivity index is 1.67. The zero-order chi connectivity index (χ0) is 21.7. The van der Waals surface area contributed by atoms with Gasteiger partial charge in [-0.15, -0.1) is 0 Å². The largest absolute Gasteiger partial charge is 0.494 e. The summed E-state index contributed by atoms with van der Waals surface area (Å²) in [7, 11) is 0. The van der Waals surface area contributed by atoms with E-state index in [9.17, 15) is 14.4 Å². The first-order valence-electron chi connectivity index (χ1n) is 10.1. The van der Waals surface area contributed by atoms with Gasteiger partial charge in [-0.05, 0) is 55.7 Å². The Morgan fingerprint density at radius 1 is 1.07 bits per heavy atom. The molecule has 0 radical (unpaired) electrons. The van der Waals surface area contributed by atoms with Crippen LogP contribution in [0.1, 0.15) is 38.3 Å². The number of aryl methyl sites for hydroxylation is 1. The maximum atomic E-state index is 13.0. The van der Waals surface area contributed by atoms with Crippen molar-refractivity contribution in [3.05, 3.63) is 59.7 Å². The average molecular weight is 409 g/mol. The summed E-state index contributed by atoms with van der Waals surface area (Å²) < 4.78 is 5.37. The fourth-order valence-corrected chi connectivity index (χ4v) is 3.47. The molecule has 7 nitrogen and oxygen atoms in total. The molecule has 2 aromatic rings. The van der Waals surface area contributed by atoms with Crippen molar-refractivity contribution in [3.8, 4) is 5.75 Å². The van der Waals surface area contributed by atoms with Crippen molar-refractivity contribution in [1.29, 1.82) is 0 Å². The summed E-state index contributed by atoms with van der Waals surface area (Å²) in [6, 6.07) is 13.9. The van der Waals surface area contributed by atoms with E-state index in [1.807, 2.05) is 31.2 Å². The summed E-state index contributed by atoms with van der Waals surface area (Å²) in [5.41, 5.74) is 1.23. The summed E-state index contributed by atoms with van der Waals surface area (Å²) in [4.78, 5) is 38.8. The van der Waals surface area contributed by atoms with E-state index in [0.29, 0.717) is 23.6 Å². The van der Waals surface area contributed by atoms with Crippen LogP contribution in [0.15, 0.2) is 48.5 Å². The number of nitrogens with one attached hydrogen (secondary N) is 2. The van der Waals surface area contributed by atoms with Gasteiger partial charge < -0.3 is 15.4 Å². The van der Waals surface area contributed by atoms with Crippen LogP contribution < -0.4 is 15.4 Å². The van der Waals surface area contributed by atoms with Crippen LogP contribution in [0.3, 0.4) is 0 Å². The van der Waals surface area contributed by atoms with Crippen molar-refractivity contribution >= 4 is 23.5 Å². The predicted octanol–water partition coefficient (Wildman–Crippen LogP) is 3.44. The van der Waals surface area contributed by atoms with Crippen LogP contribution in [0, 0.1) is 0 Å². The molecule has 7 heteroatoms. The summed E-state index contributed by atoms with van der Waals surface area (Å²) in [6.07, 6.45) is 1.98. The van der Waals surface area contributed by atoms with Gasteiger partial charge in [-0.2, -0.15) is 0 Å². The highest BCUT2D eigenvalue weighted by Crippen LogP contribution is 2.29. The fraction of sp³-hybridized carbons (Fsp3) is 0.348. The van der Waals surface area contributed by atoms with E-state index >= 15 is 0 Å². The van der Waals surface area contributed by atoms with E-state index in [1.54, 1.807) is 31.2 Å². The number of amides is 4. The number of imide groups is 1. The van der Waals surface area contributed by atoms with Gasteiger partial charge in [-0.1, -0.05) is 37.6 Å². The lowest BCUT2D eigenvalue weighted by Crippen LogP contribution is -2.42. The van der Waals surface area contributed by atoms with Crippen LogP contribution in [-0.4, -0.2) is 35.9 Å². The third kappa shape index (κ3) is 4.45. The Kier molecular flexibility index (Phi) is 6.40. The molecule has 158 valence electrons. The SMILES string of the molecule is CCCc1ccc([C@@]2(C)NC(=O)N(CC(=O)Nc3ccc(OCC)cc3)C2=O)cc1. The van der Waals surface area contributed by atoms with E-state index in [1.165, 1.54) is 5.56 Å². The third-order valence-electron chi connectivity index (χ3n) is 5.10. The van der Waals surface area contributed by atoms with Crippen LogP contribution >= 0.6 is 0 Å². The molecule has 0 saturated carbocycles. The van der Waals surface area contributed by atoms with Gasteiger partial charge in [0.15, 0.2) is 0 Å². The molecule has 0 aromatic heterocycles. The van der Waals surface area contributed by atoms with E-state index in [-0.39, 0.29) is 6.54 Å². The Morgan fingerprint density at radius 3 is 2.33 bits per heavy atom. The maximum absolute atomic E-state index is 13.0. The van der Waals surface area contributed by atoms with E-state index in [4.69, 9.17) is 4.74 Å². The fourth-order valence-electron chi connectivity index (χ4n) is 3.47. The molecule has 1 atom stereocenters. The quantitative estimate of drug-likeness (QED) is 0.654. The average Bonchev–Trinajstić information content (AvgIpc) is 2.94. The minimum atomic E-state index is -1.19. The van der Waals surface area contributed by atoms with Gasteiger partial charge in [-0.25, -0.2) is 4.79 Å². The first-order chi connectivity index (χ1) is 14.4. The van der Waals surface area contributed by atoms with Crippen LogP contribution in [-0.2, 0) is 21.5 Å². The Morgan fingerprint density at radius 2 is 1.73 bits per heavy atom. The van der Waals surface area contributed by atoms with Crippen LogP contribution in [0.4, 0.5) is 10.5 Å². The Hall–Kier alpha value is -3.35. The van der Waals surface area contributed by atoms with Crippen LogP contribution in [0.5, 0.6) is 5.75 Å². The lowest BCUT2D eigenvalue weighted by Gasteiger charge is -2.22. The van der Waals surface area contributed by atoms with Crippen molar-refractivity contribution in [3.63, 3.8) is 0 Å². The Labute approximate surface area is 176 Å². The second-order valence-corrected chi connectivity index (χ2v) is 7.40. The summed E-state index contributed by atoms with van der Waals surface area (Å²) in [6.45, 7) is 5.85. The van der Waals surface area contributed by atoms with Crippen molar-refractivity contribution in [2.75, 3.05) is 18.5 Å². The maximum Gasteiger partial charge on any atom is 0.325 e. The standard InChI is InChI=1S/C23H27N3O4/c1-4-6-16-7-9-17(10-8-16)23(3)21(28)26(22(29)25-23)15-20(27)24-18-11-13-19(14-12-18)30-5-2/h7-14H,4-6,15H2,1-3H3,(H,24,27)(H,25,29)/t23-/m1/s1. The number of carbonyl (C=O) groups is 3. The zero-order valence-electron chi connectivity index (χ0n) is 17.5. The minimum Gasteiger partial charge on any atom is -0.494 e. The number of hydrogen-bond donors (Lipinski definition) is 2. The molecule has 1 heterocycles. The Bertz CT molecular complexity index is 924. The second kappa shape index (κ2) is 8.98. The lowest BCUT2D eigenvalue weighted by molar-refractivity contribution is -0.133. The molecule has 0 unspecified atom stereocenters. The molecule has 1 saturated heterocycles. The molecule has 1 aliphatic heterocycles. The number of nitrogens with zero attached hydrogens (tertiary/aromatic N) is 1. The van der Waals surface area contributed by atoms with Crippen molar-refractivity contribution in [1.82, 2.24) is 10.2 Å². The molecule has 0 spiro atoms. The van der Waals surface area contributed by atoms with Crippen LogP contribution in [0.25, 0.3) is 0 Å². The molecule has 2 aromatic carbocycles. The van der Waals surface area contributed by atoms with Gasteiger partial charge >= 0.3 is 6.03 Å². The molecule has 3 rings (SSSR count). The van der Waals surface area contributed by atoms with Gasteiger partial charge in [0.05, 0.1) is 6.61 Å². The predicted molar refractivity (Wildman–Crippen MR) is 114 cm³/mol. The normalized spacial score (nSPS) is 18.3. The van der Waals surface area contributed by atoms with E-state index in [0.717, 1.165) is 17.7 Å². The number of hydrogen-bond acceptors (Lipinski definition) is 4. The van der Waals surface area contributed by atoms with Gasteiger partial charge in [0, 0.05) is 5.69 Å². The number of benzene rings is 2. The van der Waals surface area contributed by atoms with Crippen molar-refractivity contribution in [2.45, 2.75) is 39.2 Å². The monoisotopic (exact) mass is 409 g/mol. The smallest absolute Gasteiger partial charge is 0.325 e. The molecule has 2 N–H and O–H groups in total. The number of rotatable bonds is 8.